The van der Waals surface area contributed by atoms with Crippen LogP contribution in [0.1, 0.15) is 23.1 Å². The van der Waals surface area contributed by atoms with Crippen LogP contribution in [0.2, 0.25) is 0 Å². The number of fused-ring (bicyclic) bond motifs is 1. The van der Waals surface area contributed by atoms with E-state index in [1.165, 1.54) is 0 Å². The van der Waals surface area contributed by atoms with E-state index < -0.39 is 7.12 Å². The van der Waals surface area contributed by atoms with Crippen molar-refractivity contribution in [1.82, 2.24) is 9.97 Å². The van der Waals surface area contributed by atoms with Crippen molar-refractivity contribution in [3.8, 4) is 6.07 Å². The van der Waals surface area contributed by atoms with E-state index in [1.54, 1.807) is 6.20 Å². The van der Waals surface area contributed by atoms with Crippen molar-refractivity contribution in [2.45, 2.75) is 32.9 Å². The van der Waals surface area contributed by atoms with Gasteiger partial charge in [-0.1, -0.05) is 0 Å². The average Bonchev–Trinajstić information content (AvgIpc) is 3.06. The Morgan fingerprint density at radius 3 is 3.00 bits per heavy atom. The quantitative estimate of drug-likeness (QED) is 0.684. The second-order valence-corrected chi connectivity index (χ2v) is 7.23. The van der Waals surface area contributed by atoms with Crippen molar-refractivity contribution >= 4 is 30.0 Å². The zero-order chi connectivity index (χ0) is 19.7. The van der Waals surface area contributed by atoms with Crippen molar-refractivity contribution in [1.29, 1.82) is 5.26 Å². The smallest absolute Gasteiger partial charge is 0.423 e. The highest BCUT2D eigenvalue weighted by atomic mass is 16.5. The summed E-state index contributed by atoms with van der Waals surface area (Å²) >= 11 is 0. The average molecular weight is 379 g/mol. The van der Waals surface area contributed by atoms with Crippen LogP contribution in [-0.2, 0) is 16.0 Å². The lowest BCUT2D eigenvalue weighted by Gasteiger charge is -2.28. The Hall–Kier alpha value is -2.67. The van der Waals surface area contributed by atoms with E-state index in [0.29, 0.717) is 38.0 Å². The van der Waals surface area contributed by atoms with Crippen molar-refractivity contribution in [3.63, 3.8) is 0 Å². The van der Waals surface area contributed by atoms with Crippen LogP contribution in [-0.4, -0.2) is 41.4 Å². The molecule has 9 heteroatoms. The Labute approximate surface area is 164 Å². The summed E-state index contributed by atoms with van der Waals surface area (Å²) in [5.41, 5.74) is 4.47. The van der Waals surface area contributed by atoms with E-state index in [2.05, 4.69) is 26.7 Å². The molecule has 0 saturated carbocycles. The molecule has 0 amide bonds. The molecule has 4 rings (SSSR count). The zero-order valence-electron chi connectivity index (χ0n) is 15.9. The molecule has 1 aromatic heterocycles. The highest BCUT2D eigenvalue weighted by Gasteiger charge is 2.29. The first-order chi connectivity index (χ1) is 13.5. The fourth-order valence-corrected chi connectivity index (χ4v) is 3.66. The van der Waals surface area contributed by atoms with Gasteiger partial charge in [-0.05, 0) is 49.0 Å². The predicted octanol–water partition coefficient (Wildman–Crippen LogP) is 1.40. The maximum atomic E-state index is 9.90. The van der Waals surface area contributed by atoms with Gasteiger partial charge in [0.25, 0.3) is 0 Å². The van der Waals surface area contributed by atoms with Crippen LogP contribution in [0, 0.1) is 31.1 Å². The van der Waals surface area contributed by atoms with Crippen LogP contribution in [0.4, 0.5) is 17.5 Å². The molecule has 3 N–H and O–H groups in total. The van der Waals surface area contributed by atoms with E-state index in [4.69, 9.17) is 9.39 Å². The summed E-state index contributed by atoms with van der Waals surface area (Å²) in [7, 11) is -0.860. The van der Waals surface area contributed by atoms with Crippen molar-refractivity contribution in [2.75, 3.05) is 23.8 Å². The number of aromatic nitrogens is 2. The van der Waals surface area contributed by atoms with Gasteiger partial charge in [0, 0.05) is 24.1 Å². The lowest BCUT2D eigenvalue weighted by molar-refractivity contribution is 0.0698. The van der Waals surface area contributed by atoms with Gasteiger partial charge in [-0.3, -0.25) is 0 Å². The summed E-state index contributed by atoms with van der Waals surface area (Å²) in [5, 5.41) is 25.8. The Balaban J connectivity index is 1.55. The Kier molecular flexibility index (Phi) is 5.18. The minimum absolute atomic E-state index is 0.0962. The fourth-order valence-electron chi connectivity index (χ4n) is 3.66. The second-order valence-electron chi connectivity index (χ2n) is 7.23. The van der Waals surface area contributed by atoms with Gasteiger partial charge >= 0.3 is 7.12 Å². The summed E-state index contributed by atoms with van der Waals surface area (Å²) < 4.78 is 10.8. The molecule has 1 fully saturated rings. The largest absolute Gasteiger partial charge is 0.492 e. The molecule has 2 aliphatic heterocycles. The first-order valence-electron chi connectivity index (χ1n) is 9.33. The topological polar surface area (TPSA) is 112 Å². The SMILES string of the molecule is Cc1cnc(Nc2cc(C)c3c(c2)COB3O)nc1N[C@H]1COCC[C@@H]1C#N. The fraction of sp³-hybridized carbons (Fsp3) is 0.421. The van der Waals surface area contributed by atoms with Gasteiger partial charge in [-0.2, -0.15) is 10.2 Å². The summed E-state index contributed by atoms with van der Waals surface area (Å²) in [5.74, 6) is 1.03. The molecule has 1 aromatic carbocycles. The summed E-state index contributed by atoms with van der Waals surface area (Å²) in [6.45, 7) is 5.34. The number of anilines is 3. The molecule has 144 valence electrons. The lowest BCUT2D eigenvalue weighted by atomic mass is 9.76. The lowest BCUT2D eigenvalue weighted by Crippen LogP contribution is -2.38. The number of nitriles is 1. The molecule has 3 heterocycles. The minimum atomic E-state index is -0.860. The maximum absolute atomic E-state index is 9.90. The number of rotatable bonds is 4. The number of nitrogens with zero attached hydrogens (tertiary/aromatic N) is 3. The molecule has 1 saturated heterocycles. The van der Waals surface area contributed by atoms with Crippen LogP contribution in [0.3, 0.4) is 0 Å². The molecular weight excluding hydrogens is 357 g/mol. The second kappa shape index (κ2) is 7.76. The van der Waals surface area contributed by atoms with E-state index in [1.807, 2.05) is 26.0 Å². The summed E-state index contributed by atoms with van der Waals surface area (Å²) in [4.78, 5) is 8.96. The van der Waals surface area contributed by atoms with E-state index in [-0.39, 0.29) is 12.0 Å². The molecule has 0 unspecified atom stereocenters. The highest BCUT2D eigenvalue weighted by molar-refractivity contribution is 6.62. The standard InChI is InChI=1S/C19H22BN5O3/c1-11-5-15(6-14-9-28-20(26)17(11)14)23-19-22-8-12(2)18(25-19)24-16-10-27-4-3-13(16)7-21/h5-6,8,13,16,26H,3-4,9-10H2,1-2H3,(H2,22,23,24,25)/t13-,16+/m1/s1. The van der Waals surface area contributed by atoms with Crippen molar-refractivity contribution in [2.24, 2.45) is 5.92 Å². The number of ether oxygens (including phenoxy) is 1. The molecule has 0 bridgehead atoms. The molecule has 8 nitrogen and oxygen atoms in total. The highest BCUT2D eigenvalue weighted by Crippen LogP contribution is 2.24. The Morgan fingerprint density at radius 1 is 1.32 bits per heavy atom. The molecular formula is C19H22BN5O3. The molecule has 0 spiro atoms. The Bertz CT molecular complexity index is 933. The third-order valence-electron chi connectivity index (χ3n) is 5.19. The molecule has 28 heavy (non-hydrogen) atoms. The molecule has 2 aromatic rings. The van der Waals surface area contributed by atoms with Crippen LogP contribution in [0.15, 0.2) is 18.3 Å². The van der Waals surface area contributed by atoms with Gasteiger partial charge < -0.3 is 25.0 Å². The number of hydrogen-bond donors (Lipinski definition) is 3. The maximum Gasteiger partial charge on any atom is 0.492 e. The van der Waals surface area contributed by atoms with Gasteiger partial charge in [0.2, 0.25) is 5.95 Å². The first kappa shape index (κ1) is 18.7. The van der Waals surface area contributed by atoms with Gasteiger partial charge in [0.15, 0.2) is 0 Å². The summed E-state index contributed by atoms with van der Waals surface area (Å²) in [6, 6.07) is 6.13. The van der Waals surface area contributed by atoms with Crippen LogP contribution in [0.25, 0.3) is 0 Å². The van der Waals surface area contributed by atoms with E-state index in [9.17, 15) is 10.3 Å². The first-order valence-corrected chi connectivity index (χ1v) is 9.33. The third kappa shape index (κ3) is 3.67. The minimum Gasteiger partial charge on any atom is -0.423 e. The van der Waals surface area contributed by atoms with Crippen molar-refractivity contribution in [3.05, 3.63) is 35.0 Å². The zero-order valence-corrected chi connectivity index (χ0v) is 15.9. The van der Waals surface area contributed by atoms with Gasteiger partial charge in [-0.15, -0.1) is 0 Å². The van der Waals surface area contributed by atoms with Gasteiger partial charge in [0.05, 0.1) is 31.2 Å². The molecule has 0 radical (unpaired) electrons. The monoisotopic (exact) mass is 379 g/mol. The van der Waals surface area contributed by atoms with Gasteiger partial charge in [-0.25, -0.2) is 4.98 Å². The van der Waals surface area contributed by atoms with Crippen LogP contribution < -0.4 is 16.1 Å². The predicted molar refractivity (Wildman–Crippen MR) is 106 cm³/mol. The van der Waals surface area contributed by atoms with Crippen molar-refractivity contribution < 1.29 is 14.4 Å². The normalized spacial score (nSPS) is 21.1. The number of hydrogen-bond acceptors (Lipinski definition) is 8. The molecule has 2 atom stereocenters. The van der Waals surface area contributed by atoms with Crippen LogP contribution in [0.5, 0.6) is 0 Å². The number of benzene rings is 1. The van der Waals surface area contributed by atoms with E-state index in [0.717, 1.165) is 27.8 Å². The number of nitrogens with one attached hydrogen (secondary N) is 2. The van der Waals surface area contributed by atoms with Crippen LogP contribution >= 0.6 is 0 Å². The Morgan fingerprint density at radius 2 is 2.18 bits per heavy atom. The summed E-state index contributed by atoms with van der Waals surface area (Å²) in [6.07, 6.45) is 2.46. The third-order valence-corrected chi connectivity index (χ3v) is 5.19. The van der Waals surface area contributed by atoms with Gasteiger partial charge in [0.1, 0.15) is 5.82 Å². The molecule has 2 aliphatic rings. The van der Waals surface area contributed by atoms with E-state index >= 15 is 0 Å². The molecule has 0 aliphatic carbocycles. The number of aryl methyl sites for hydroxylation is 2.